The number of rotatable bonds is 5. The van der Waals surface area contributed by atoms with E-state index in [2.05, 4.69) is 5.32 Å². The van der Waals surface area contributed by atoms with Crippen LogP contribution in [0.3, 0.4) is 0 Å². The predicted molar refractivity (Wildman–Crippen MR) is 117 cm³/mol. The van der Waals surface area contributed by atoms with Gasteiger partial charge in [0.1, 0.15) is 5.92 Å². The molecule has 1 saturated heterocycles. The summed E-state index contributed by atoms with van der Waals surface area (Å²) in [6, 6.07) is 13.4. The third kappa shape index (κ3) is 3.37. The molecular formula is C23H22N2O6S. The van der Waals surface area contributed by atoms with Crippen LogP contribution in [0.5, 0.6) is 0 Å². The highest BCUT2D eigenvalue weighted by Gasteiger charge is 2.53. The van der Waals surface area contributed by atoms with Gasteiger partial charge in [-0.25, -0.2) is 8.42 Å². The summed E-state index contributed by atoms with van der Waals surface area (Å²) < 4.78 is 33.5. The maximum Gasteiger partial charge on any atom is 0.310 e. The Labute approximate surface area is 185 Å². The molecule has 3 heterocycles. The van der Waals surface area contributed by atoms with Gasteiger partial charge in [0.25, 0.3) is 10.0 Å². The van der Waals surface area contributed by atoms with E-state index in [1.165, 1.54) is 28.6 Å². The van der Waals surface area contributed by atoms with Gasteiger partial charge in [-0.2, -0.15) is 0 Å². The molecule has 0 saturated carbocycles. The van der Waals surface area contributed by atoms with E-state index in [9.17, 15) is 23.1 Å². The molecule has 2 N–H and O–H groups in total. The van der Waals surface area contributed by atoms with Crippen molar-refractivity contribution in [2.75, 3.05) is 16.2 Å². The highest BCUT2D eigenvalue weighted by molar-refractivity contribution is 7.92. The van der Waals surface area contributed by atoms with Crippen LogP contribution in [-0.4, -0.2) is 44.2 Å². The summed E-state index contributed by atoms with van der Waals surface area (Å²) in [5.41, 5.74) is 2.09. The van der Waals surface area contributed by atoms with Crippen LogP contribution >= 0.6 is 0 Å². The first kappa shape index (κ1) is 20.7. The van der Waals surface area contributed by atoms with Crippen LogP contribution in [0.15, 0.2) is 65.6 Å². The number of anilines is 2. The molecule has 0 radical (unpaired) electrons. The molecule has 2 aromatic rings. The van der Waals surface area contributed by atoms with Crippen molar-refractivity contribution >= 4 is 33.3 Å². The Morgan fingerprint density at radius 1 is 1.00 bits per heavy atom. The molecule has 32 heavy (non-hydrogen) atoms. The zero-order valence-corrected chi connectivity index (χ0v) is 17.9. The summed E-state index contributed by atoms with van der Waals surface area (Å²) in [4.78, 5) is 24.5. The first-order chi connectivity index (χ1) is 15.4. The third-order valence-corrected chi connectivity index (χ3v) is 8.09. The lowest BCUT2D eigenvalue weighted by atomic mass is 9.82. The maximum absolute atomic E-state index is 13.2. The van der Waals surface area contributed by atoms with E-state index in [0.29, 0.717) is 17.9 Å². The summed E-state index contributed by atoms with van der Waals surface area (Å²) in [5.74, 6) is -3.32. The molecule has 0 unspecified atom stereocenters. The molecule has 8 nitrogen and oxygen atoms in total. The van der Waals surface area contributed by atoms with Crippen LogP contribution in [0.4, 0.5) is 11.4 Å². The number of nitrogens with zero attached hydrogens (tertiary/aromatic N) is 1. The first-order valence-electron chi connectivity index (χ1n) is 10.4. The molecular weight excluding hydrogens is 432 g/mol. The number of carbonyl (C=O) groups excluding carboxylic acids is 1. The number of hydrogen-bond acceptors (Lipinski definition) is 5. The molecule has 0 aliphatic carbocycles. The smallest absolute Gasteiger partial charge is 0.310 e. The van der Waals surface area contributed by atoms with E-state index in [1.807, 2.05) is 24.3 Å². The van der Waals surface area contributed by atoms with Crippen molar-refractivity contribution in [2.45, 2.75) is 29.9 Å². The number of carboxylic acids is 1. The summed E-state index contributed by atoms with van der Waals surface area (Å²) in [7, 11) is -3.75. The fourth-order valence-electron chi connectivity index (χ4n) is 4.73. The van der Waals surface area contributed by atoms with Crippen LogP contribution in [0, 0.1) is 11.8 Å². The number of carboxylic acid groups (broad SMARTS) is 1. The molecule has 166 valence electrons. The van der Waals surface area contributed by atoms with Gasteiger partial charge < -0.3 is 15.2 Å². The molecule has 2 aromatic carbocycles. The lowest BCUT2D eigenvalue weighted by Gasteiger charge is -2.30. The van der Waals surface area contributed by atoms with Gasteiger partial charge in [0, 0.05) is 12.2 Å². The summed E-state index contributed by atoms with van der Waals surface area (Å²) in [6.45, 7) is 0.409. The highest BCUT2D eigenvalue weighted by Crippen LogP contribution is 2.40. The van der Waals surface area contributed by atoms with Gasteiger partial charge >= 0.3 is 5.97 Å². The van der Waals surface area contributed by atoms with Gasteiger partial charge in [-0.1, -0.05) is 30.4 Å². The molecule has 1 fully saturated rings. The van der Waals surface area contributed by atoms with E-state index in [4.69, 9.17) is 4.74 Å². The van der Waals surface area contributed by atoms with Crippen molar-refractivity contribution in [1.29, 1.82) is 0 Å². The number of amides is 1. The quantitative estimate of drug-likeness (QED) is 0.671. The minimum absolute atomic E-state index is 0.127. The van der Waals surface area contributed by atoms with Crippen molar-refractivity contribution in [3.63, 3.8) is 0 Å². The standard InChI is InChI=1S/C23H22N2O6S/c26-22(20-18-11-12-19(31-18)21(20)23(27)28)24-15-7-9-16(10-8-15)32(29,30)25-13-3-5-14-4-1-2-6-17(14)25/h1-2,4,6-12,18-21H,3,5,13H2,(H,24,26)(H,27,28)/t18-,19-,20+,21-/m0/s1. The number of para-hydroxylation sites is 1. The zero-order chi connectivity index (χ0) is 22.5. The molecule has 0 spiro atoms. The van der Waals surface area contributed by atoms with Crippen molar-refractivity contribution in [3.8, 4) is 0 Å². The maximum atomic E-state index is 13.2. The Balaban J connectivity index is 1.34. The lowest BCUT2D eigenvalue weighted by molar-refractivity contribution is -0.145. The van der Waals surface area contributed by atoms with Crippen molar-refractivity contribution in [1.82, 2.24) is 0 Å². The van der Waals surface area contributed by atoms with E-state index in [1.54, 1.807) is 12.2 Å². The summed E-state index contributed by atoms with van der Waals surface area (Å²) >= 11 is 0. The molecule has 0 aromatic heterocycles. The number of benzene rings is 2. The number of nitrogens with one attached hydrogen (secondary N) is 1. The fourth-order valence-corrected chi connectivity index (χ4v) is 6.27. The summed E-state index contributed by atoms with van der Waals surface area (Å²) in [6.07, 6.45) is 3.79. The van der Waals surface area contributed by atoms with Gasteiger partial charge in [-0.05, 0) is 48.7 Å². The Kier molecular flexibility index (Phi) is 5.02. The van der Waals surface area contributed by atoms with E-state index < -0.39 is 45.9 Å². The van der Waals surface area contributed by atoms with Gasteiger partial charge in [0.2, 0.25) is 5.91 Å². The highest BCUT2D eigenvalue weighted by atomic mass is 32.2. The predicted octanol–water partition coefficient (Wildman–Crippen LogP) is 2.42. The molecule has 3 aliphatic rings. The van der Waals surface area contributed by atoms with Gasteiger partial charge in [0.05, 0.1) is 28.7 Å². The Morgan fingerprint density at radius 2 is 1.69 bits per heavy atom. The van der Waals surface area contributed by atoms with Crippen molar-refractivity contribution in [2.24, 2.45) is 11.8 Å². The number of sulfonamides is 1. The minimum Gasteiger partial charge on any atom is -0.481 e. The van der Waals surface area contributed by atoms with Gasteiger partial charge in [-0.15, -0.1) is 0 Å². The monoisotopic (exact) mass is 454 g/mol. The lowest BCUT2D eigenvalue weighted by Crippen LogP contribution is -2.39. The SMILES string of the molecule is O=C(O)[C@@H]1[C@H](C(=O)Nc2ccc(S(=O)(=O)N3CCCc4ccccc43)cc2)[C@@H]2C=C[C@@H]1O2. The van der Waals surface area contributed by atoms with E-state index >= 15 is 0 Å². The number of ether oxygens (including phenoxy) is 1. The summed E-state index contributed by atoms with van der Waals surface area (Å²) in [5, 5.41) is 12.2. The molecule has 2 bridgehead atoms. The van der Waals surface area contributed by atoms with Crippen LogP contribution in [0.25, 0.3) is 0 Å². The first-order valence-corrected chi connectivity index (χ1v) is 11.9. The average Bonchev–Trinajstić information content (AvgIpc) is 3.41. The van der Waals surface area contributed by atoms with Crippen LogP contribution in [0.1, 0.15) is 12.0 Å². The Hall–Kier alpha value is -3.17. The topological polar surface area (TPSA) is 113 Å². The van der Waals surface area contributed by atoms with Crippen molar-refractivity contribution < 1.29 is 27.9 Å². The molecule has 5 rings (SSSR count). The second-order valence-corrected chi connectivity index (χ2v) is 10.0. The number of hydrogen-bond donors (Lipinski definition) is 2. The van der Waals surface area contributed by atoms with Crippen LogP contribution in [0.2, 0.25) is 0 Å². The van der Waals surface area contributed by atoms with Crippen molar-refractivity contribution in [3.05, 3.63) is 66.2 Å². The Morgan fingerprint density at radius 3 is 2.41 bits per heavy atom. The van der Waals surface area contributed by atoms with Gasteiger partial charge in [-0.3, -0.25) is 13.9 Å². The van der Waals surface area contributed by atoms with Crippen LogP contribution in [-0.2, 0) is 30.8 Å². The Bertz CT molecular complexity index is 1210. The molecule has 4 atom stereocenters. The normalized spacial score (nSPS) is 26.1. The van der Waals surface area contributed by atoms with E-state index in [-0.39, 0.29) is 4.90 Å². The van der Waals surface area contributed by atoms with Gasteiger partial charge in [0.15, 0.2) is 0 Å². The molecule has 3 aliphatic heterocycles. The zero-order valence-electron chi connectivity index (χ0n) is 17.0. The minimum atomic E-state index is -3.75. The second kappa shape index (κ2) is 7.75. The van der Waals surface area contributed by atoms with E-state index in [0.717, 1.165) is 18.4 Å². The third-order valence-electron chi connectivity index (χ3n) is 6.26. The second-order valence-electron chi connectivity index (χ2n) is 8.16. The number of fused-ring (bicyclic) bond motifs is 3. The largest absolute Gasteiger partial charge is 0.481 e. The number of aryl methyl sites for hydroxylation is 1. The number of aliphatic carboxylic acids is 1. The molecule has 9 heteroatoms. The number of carbonyl (C=O) groups is 2. The fraction of sp³-hybridized carbons (Fsp3) is 0.304. The van der Waals surface area contributed by atoms with Crippen LogP contribution < -0.4 is 9.62 Å². The average molecular weight is 455 g/mol. The molecule has 1 amide bonds.